The molecule has 4 aromatic rings. The van der Waals surface area contributed by atoms with Gasteiger partial charge in [0.05, 0.1) is 23.9 Å². The maximum Gasteiger partial charge on any atom is 0.329 e. The molecule has 62 heavy (non-hydrogen) atoms. The summed E-state index contributed by atoms with van der Waals surface area (Å²) in [5.41, 5.74) is 0.930. The summed E-state index contributed by atoms with van der Waals surface area (Å²) in [4.78, 5) is 59.1. The van der Waals surface area contributed by atoms with E-state index in [1.807, 2.05) is 20.9 Å². The highest BCUT2D eigenvalue weighted by atomic mass is 19.1. The van der Waals surface area contributed by atoms with Crippen molar-refractivity contribution in [3.63, 3.8) is 0 Å². The van der Waals surface area contributed by atoms with Gasteiger partial charge in [-0.15, -0.1) is 0 Å². The Kier molecular flexibility index (Phi) is 14.3. The molecule has 4 atom stereocenters. The number of phenolic OH excluding ortho intramolecular Hbond substituents is 1. The number of carbonyl (C=O) groups is 4. The Morgan fingerprint density at radius 2 is 1.63 bits per heavy atom. The number of nitrogens with zero attached hydrogens (tertiary/aromatic N) is 5. The van der Waals surface area contributed by atoms with Gasteiger partial charge in [-0.3, -0.25) is 14.4 Å². The van der Waals surface area contributed by atoms with Gasteiger partial charge in [0.15, 0.2) is 5.69 Å². The van der Waals surface area contributed by atoms with Crippen molar-refractivity contribution in [2.45, 2.75) is 77.2 Å². The lowest BCUT2D eigenvalue weighted by atomic mass is 9.60. The zero-order chi connectivity index (χ0) is 44.9. The maximum absolute atomic E-state index is 14.2. The van der Waals surface area contributed by atoms with Crippen LogP contribution in [0.2, 0.25) is 0 Å². The van der Waals surface area contributed by atoms with Gasteiger partial charge in [0.25, 0.3) is 17.7 Å². The molecular formula is C48H59FN6O7. The quantitative estimate of drug-likeness (QED) is 0.101. The number of aromatic nitrogens is 2. The Morgan fingerprint density at radius 1 is 0.952 bits per heavy atom. The third kappa shape index (κ3) is 9.89. The Balaban J connectivity index is 1.18. The van der Waals surface area contributed by atoms with E-state index in [9.17, 15) is 33.8 Å². The number of nitrogens with one attached hydrogen (secondary N) is 1. The molecule has 6 rings (SSSR count). The SMILES string of the molecule is COc1cccc(O)c1-c1cc(C(=O)NC2(C(=O)O)CCC3CC(C)CC2C3)nn1-c1c#cc(C(=O)N(C)CCCN(C)CCCN(C)C(=O)c2ccc(F)cc2)cc1C(C)C. The van der Waals surface area contributed by atoms with Crippen LogP contribution in [0.25, 0.3) is 16.9 Å². The number of hydrogen-bond donors (Lipinski definition) is 3. The van der Waals surface area contributed by atoms with E-state index in [0.29, 0.717) is 84.4 Å². The largest absolute Gasteiger partial charge is 0.507 e. The number of carboxylic acids is 1. The van der Waals surface area contributed by atoms with Crippen molar-refractivity contribution in [2.75, 3.05) is 54.4 Å². The lowest BCUT2D eigenvalue weighted by molar-refractivity contribution is -0.151. The van der Waals surface area contributed by atoms with Gasteiger partial charge in [-0.1, -0.05) is 32.9 Å². The van der Waals surface area contributed by atoms with E-state index in [4.69, 9.17) is 9.84 Å². The predicted molar refractivity (Wildman–Crippen MR) is 233 cm³/mol. The first-order valence-electron chi connectivity index (χ1n) is 21.5. The molecule has 330 valence electrons. The Hall–Kier alpha value is -5.94. The van der Waals surface area contributed by atoms with Crippen molar-refractivity contribution >= 4 is 23.7 Å². The summed E-state index contributed by atoms with van der Waals surface area (Å²) in [6.45, 7) is 8.55. The number of phenols is 1. The van der Waals surface area contributed by atoms with Crippen molar-refractivity contribution in [3.05, 3.63) is 94.9 Å². The second-order valence-electron chi connectivity index (χ2n) is 17.6. The Morgan fingerprint density at radius 3 is 2.27 bits per heavy atom. The van der Waals surface area contributed by atoms with Gasteiger partial charge < -0.3 is 35.0 Å². The molecule has 3 aromatic carbocycles. The highest BCUT2D eigenvalue weighted by Crippen LogP contribution is 2.48. The van der Waals surface area contributed by atoms with Gasteiger partial charge in [0, 0.05) is 32.7 Å². The lowest BCUT2D eigenvalue weighted by Gasteiger charge is -2.48. The number of aromatic hydroxyl groups is 1. The highest BCUT2D eigenvalue weighted by Gasteiger charge is 2.53. The minimum atomic E-state index is -1.43. The number of ether oxygens (including phenoxy) is 1. The summed E-state index contributed by atoms with van der Waals surface area (Å²) in [6.07, 6.45) is 5.01. The first-order valence-corrected chi connectivity index (χ1v) is 21.5. The number of aliphatic carboxylic acids is 1. The van der Waals surface area contributed by atoms with Crippen molar-refractivity contribution in [1.29, 1.82) is 0 Å². The molecule has 0 radical (unpaired) electrons. The zero-order valence-electron chi connectivity index (χ0n) is 36.8. The summed E-state index contributed by atoms with van der Waals surface area (Å²) in [6, 6.07) is 19.8. The van der Waals surface area contributed by atoms with Crippen molar-refractivity contribution in [3.8, 4) is 28.4 Å². The molecule has 1 aromatic heterocycles. The minimum Gasteiger partial charge on any atom is -0.507 e. The summed E-state index contributed by atoms with van der Waals surface area (Å²) in [7, 11) is 6.93. The van der Waals surface area contributed by atoms with Crippen LogP contribution in [0.1, 0.15) is 108 Å². The molecule has 2 bridgehead atoms. The Labute approximate surface area is 363 Å². The summed E-state index contributed by atoms with van der Waals surface area (Å²) < 4.78 is 20.4. The van der Waals surface area contributed by atoms with Crippen LogP contribution in [-0.2, 0) is 4.79 Å². The van der Waals surface area contributed by atoms with Gasteiger partial charge in [0.1, 0.15) is 28.5 Å². The summed E-state index contributed by atoms with van der Waals surface area (Å²) >= 11 is 0. The fourth-order valence-electron chi connectivity index (χ4n) is 9.25. The van der Waals surface area contributed by atoms with Crippen LogP contribution in [0.5, 0.6) is 11.5 Å². The monoisotopic (exact) mass is 850 g/mol. The van der Waals surface area contributed by atoms with Gasteiger partial charge in [-0.2, -0.15) is 5.10 Å². The second-order valence-corrected chi connectivity index (χ2v) is 17.6. The van der Waals surface area contributed by atoms with Gasteiger partial charge in [-0.05, 0) is 149 Å². The molecule has 0 spiro atoms. The number of amides is 3. The highest BCUT2D eigenvalue weighted by molar-refractivity contribution is 5.98. The number of methoxy groups -OCH3 is 1. The smallest absolute Gasteiger partial charge is 0.329 e. The lowest BCUT2D eigenvalue weighted by Crippen LogP contribution is -2.62. The van der Waals surface area contributed by atoms with E-state index in [1.54, 1.807) is 42.1 Å². The molecule has 0 saturated heterocycles. The number of rotatable bonds is 17. The van der Waals surface area contributed by atoms with Crippen LogP contribution < -0.4 is 10.1 Å². The number of hydrogen-bond acceptors (Lipinski definition) is 8. The van der Waals surface area contributed by atoms with Crippen LogP contribution in [0.4, 0.5) is 4.39 Å². The molecule has 13 nitrogen and oxygen atoms in total. The number of benzene rings is 2. The third-order valence-corrected chi connectivity index (χ3v) is 12.6. The third-order valence-electron chi connectivity index (χ3n) is 12.6. The molecule has 3 N–H and O–H groups in total. The molecule has 14 heteroatoms. The first kappa shape index (κ1) is 45.6. The number of halogens is 1. The van der Waals surface area contributed by atoms with Crippen LogP contribution in [0.3, 0.4) is 0 Å². The zero-order valence-corrected chi connectivity index (χ0v) is 36.8. The number of carbonyl (C=O) groups excluding carboxylic acids is 3. The summed E-state index contributed by atoms with van der Waals surface area (Å²) in [5.74, 6) is -1.83. The predicted octanol–water partition coefficient (Wildman–Crippen LogP) is 7.07. The summed E-state index contributed by atoms with van der Waals surface area (Å²) in [5, 5.41) is 29.5. The Bertz CT molecular complexity index is 2260. The minimum absolute atomic E-state index is 0.0459. The molecule has 0 aliphatic heterocycles. The normalized spacial score (nSPS) is 19.5. The fraction of sp³-hybridized carbons (Fsp3) is 0.479. The van der Waals surface area contributed by atoms with Gasteiger partial charge >= 0.3 is 5.97 Å². The maximum atomic E-state index is 14.2. The van der Waals surface area contributed by atoms with E-state index in [1.165, 1.54) is 48.2 Å². The molecule has 2 aliphatic rings. The standard InChI is InChI=1S/C48H59FN6O7/c1-30(2)37-28-34(46(59)54(6)24-10-22-52(4)21-9-23-53(5)45(58)33-13-16-36(49)17-14-33)15-18-39(37)55-40(43-41(56)11-8-12-42(43)62-7)29-38(51-55)44(57)50-48(47(60)61)20-19-32-25-31(3)26-35(48)27-32/h8,11-14,16-17,28-32,35,56H,9-10,19-27H2,1-7H3,(H,50,57)(H,60,61). The number of carboxylic acid groups (broad SMARTS) is 1. The van der Waals surface area contributed by atoms with Gasteiger partial charge in [-0.25, -0.2) is 13.9 Å². The average molecular weight is 851 g/mol. The average Bonchev–Trinajstić information content (AvgIpc) is 3.68. The van der Waals surface area contributed by atoms with E-state index in [0.717, 1.165) is 32.4 Å². The van der Waals surface area contributed by atoms with Crippen LogP contribution in [0.15, 0.2) is 54.6 Å². The van der Waals surface area contributed by atoms with Gasteiger partial charge in [0.2, 0.25) is 0 Å². The topological polar surface area (TPSA) is 158 Å². The molecule has 4 unspecified atom stereocenters. The van der Waals surface area contributed by atoms with E-state index < -0.39 is 17.4 Å². The van der Waals surface area contributed by atoms with E-state index >= 15 is 0 Å². The molecule has 2 fully saturated rings. The van der Waals surface area contributed by atoms with E-state index in [-0.39, 0.29) is 46.5 Å². The second kappa shape index (κ2) is 19.4. The molecular weight excluding hydrogens is 792 g/mol. The number of fused-ring (bicyclic) bond motifs is 2. The first-order chi connectivity index (χ1) is 29.5. The molecule has 2 saturated carbocycles. The fourth-order valence-corrected chi connectivity index (χ4v) is 9.25. The van der Waals surface area contributed by atoms with Crippen LogP contribution >= 0.6 is 0 Å². The van der Waals surface area contributed by atoms with Crippen molar-refractivity contribution in [1.82, 2.24) is 29.8 Å². The van der Waals surface area contributed by atoms with Crippen LogP contribution in [0, 0.1) is 35.7 Å². The van der Waals surface area contributed by atoms with Crippen molar-refractivity contribution < 1.29 is 38.5 Å². The van der Waals surface area contributed by atoms with Crippen molar-refractivity contribution in [2.24, 2.45) is 17.8 Å². The molecule has 1 heterocycles. The van der Waals surface area contributed by atoms with Crippen LogP contribution in [-0.4, -0.2) is 118 Å². The van der Waals surface area contributed by atoms with E-state index in [2.05, 4.69) is 29.3 Å². The molecule has 2 aliphatic carbocycles. The molecule has 3 amide bonds.